The SMILES string of the molecule is Nc1cnc(Cl)nc1NCCc1ccc(F)cc1. The van der Waals surface area contributed by atoms with E-state index in [1.807, 2.05) is 0 Å². The Bertz CT molecular complexity index is 530. The number of halogens is 2. The number of rotatable bonds is 4. The van der Waals surface area contributed by atoms with Crippen molar-refractivity contribution in [2.75, 3.05) is 17.6 Å². The van der Waals surface area contributed by atoms with Crippen LogP contribution in [-0.4, -0.2) is 16.5 Å². The van der Waals surface area contributed by atoms with Gasteiger partial charge in [0.2, 0.25) is 5.28 Å². The maximum Gasteiger partial charge on any atom is 0.224 e. The van der Waals surface area contributed by atoms with E-state index in [1.165, 1.54) is 18.3 Å². The average Bonchev–Trinajstić information content (AvgIpc) is 2.36. The molecule has 0 bridgehead atoms. The minimum absolute atomic E-state index is 0.147. The molecule has 0 atom stereocenters. The second-order valence-electron chi connectivity index (χ2n) is 3.75. The molecule has 0 aliphatic rings. The van der Waals surface area contributed by atoms with Gasteiger partial charge in [-0.15, -0.1) is 0 Å². The van der Waals surface area contributed by atoms with Crippen LogP contribution in [-0.2, 0) is 6.42 Å². The van der Waals surface area contributed by atoms with Gasteiger partial charge < -0.3 is 11.1 Å². The van der Waals surface area contributed by atoms with Crippen LogP contribution in [0.2, 0.25) is 5.28 Å². The smallest absolute Gasteiger partial charge is 0.224 e. The molecule has 0 saturated heterocycles. The fourth-order valence-electron chi connectivity index (χ4n) is 1.49. The van der Waals surface area contributed by atoms with Crippen molar-refractivity contribution in [2.24, 2.45) is 0 Å². The number of benzene rings is 1. The summed E-state index contributed by atoms with van der Waals surface area (Å²) in [5, 5.41) is 3.21. The van der Waals surface area contributed by atoms with Crippen LogP contribution in [0.15, 0.2) is 30.5 Å². The van der Waals surface area contributed by atoms with Crippen LogP contribution in [0.25, 0.3) is 0 Å². The Morgan fingerprint density at radius 2 is 2.00 bits per heavy atom. The summed E-state index contributed by atoms with van der Waals surface area (Å²) in [7, 11) is 0. The number of hydrogen-bond acceptors (Lipinski definition) is 4. The van der Waals surface area contributed by atoms with Gasteiger partial charge in [-0.05, 0) is 35.7 Å². The Labute approximate surface area is 109 Å². The quantitative estimate of drug-likeness (QED) is 0.835. The lowest BCUT2D eigenvalue weighted by atomic mass is 10.1. The highest BCUT2D eigenvalue weighted by Gasteiger charge is 2.02. The third kappa shape index (κ3) is 3.30. The normalized spacial score (nSPS) is 10.3. The Balaban J connectivity index is 1.92. The number of nitrogens with two attached hydrogens (primary N) is 1. The second kappa shape index (κ2) is 5.64. The summed E-state index contributed by atoms with van der Waals surface area (Å²) in [4.78, 5) is 7.74. The zero-order valence-electron chi connectivity index (χ0n) is 9.53. The molecule has 2 rings (SSSR count). The molecule has 2 aromatic rings. The molecule has 0 radical (unpaired) electrons. The second-order valence-corrected chi connectivity index (χ2v) is 4.08. The zero-order valence-corrected chi connectivity index (χ0v) is 10.3. The number of hydrogen-bond donors (Lipinski definition) is 2. The molecule has 0 fully saturated rings. The van der Waals surface area contributed by atoms with E-state index in [0.29, 0.717) is 18.1 Å². The molecule has 0 amide bonds. The molecule has 18 heavy (non-hydrogen) atoms. The molecule has 0 saturated carbocycles. The Hall–Kier alpha value is -1.88. The van der Waals surface area contributed by atoms with Crippen LogP contribution < -0.4 is 11.1 Å². The first-order chi connectivity index (χ1) is 8.65. The van der Waals surface area contributed by atoms with E-state index in [1.54, 1.807) is 12.1 Å². The first-order valence-corrected chi connectivity index (χ1v) is 5.79. The van der Waals surface area contributed by atoms with Crippen LogP contribution in [0, 0.1) is 5.82 Å². The number of aromatic nitrogens is 2. The Morgan fingerprint density at radius 3 is 2.72 bits per heavy atom. The lowest BCUT2D eigenvalue weighted by molar-refractivity contribution is 0.627. The average molecular weight is 267 g/mol. The Morgan fingerprint density at radius 1 is 1.28 bits per heavy atom. The van der Waals surface area contributed by atoms with Gasteiger partial charge >= 0.3 is 0 Å². The van der Waals surface area contributed by atoms with Crippen LogP contribution in [0.5, 0.6) is 0 Å². The molecule has 3 N–H and O–H groups in total. The van der Waals surface area contributed by atoms with Crippen LogP contribution >= 0.6 is 11.6 Å². The molecule has 0 aliphatic carbocycles. The molecule has 0 unspecified atom stereocenters. The van der Waals surface area contributed by atoms with Crippen molar-refractivity contribution < 1.29 is 4.39 Å². The van der Waals surface area contributed by atoms with Crippen molar-refractivity contribution >= 4 is 23.1 Å². The minimum Gasteiger partial charge on any atom is -0.394 e. The van der Waals surface area contributed by atoms with Gasteiger partial charge in [0.25, 0.3) is 0 Å². The molecule has 1 heterocycles. The monoisotopic (exact) mass is 266 g/mol. The van der Waals surface area contributed by atoms with Gasteiger partial charge in [-0.2, -0.15) is 4.98 Å². The van der Waals surface area contributed by atoms with Crippen molar-refractivity contribution in [1.82, 2.24) is 9.97 Å². The van der Waals surface area contributed by atoms with Crippen LogP contribution in [0.4, 0.5) is 15.9 Å². The highest BCUT2D eigenvalue weighted by molar-refractivity contribution is 6.28. The fourth-order valence-corrected chi connectivity index (χ4v) is 1.62. The van der Waals surface area contributed by atoms with Gasteiger partial charge in [-0.3, -0.25) is 0 Å². The molecule has 4 nitrogen and oxygen atoms in total. The standard InChI is InChI=1S/C12H12ClFN4/c13-12-17-7-10(15)11(18-12)16-6-5-8-1-3-9(14)4-2-8/h1-4,7H,5-6,15H2,(H,16,17,18). The zero-order chi connectivity index (χ0) is 13.0. The van der Waals surface area contributed by atoms with Crippen molar-refractivity contribution in [3.63, 3.8) is 0 Å². The Kier molecular flexibility index (Phi) is 3.94. The molecule has 1 aromatic carbocycles. The molecule has 0 spiro atoms. The van der Waals surface area contributed by atoms with Gasteiger partial charge in [0.05, 0.1) is 11.9 Å². The van der Waals surface area contributed by atoms with E-state index >= 15 is 0 Å². The first kappa shape index (κ1) is 12.6. The molecule has 6 heteroatoms. The third-order valence-electron chi connectivity index (χ3n) is 2.41. The summed E-state index contributed by atoms with van der Waals surface area (Å²) >= 11 is 5.67. The fraction of sp³-hybridized carbons (Fsp3) is 0.167. The van der Waals surface area contributed by atoms with Gasteiger partial charge in [-0.25, -0.2) is 9.37 Å². The van der Waals surface area contributed by atoms with Gasteiger partial charge in [0.15, 0.2) is 5.82 Å². The molecular weight excluding hydrogens is 255 g/mol. The van der Waals surface area contributed by atoms with Crippen LogP contribution in [0.1, 0.15) is 5.56 Å². The lowest BCUT2D eigenvalue weighted by Crippen LogP contribution is -2.09. The van der Waals surface area contributed by atoms with E-state index < -0.39 is 0 Å². The number of anilines is 2. The molecular formula is C12H12ClFN4. The summed E-state index contributed by atoms with van der Waals surface area (Å²) in [5.74, 6) is 0.274. The summed E-state index contributed by atoms with van der Waals surface area (Å²) in [5.41, 5.74) is 7.17. The number of nitrogens with zero attached hydrogens (tertiary/aromatic N) is 2. The van der Waals surface area contributed by atoms with Crippen molar-refractivity contribution in [2.45, 2.75) is 6.42 Å². The van der Waals surface area contributed by atoms with E-state index in [2.05, 4.69) is 15.3 Å². The molecule has 1 aromatic heterocycles. The van der Waals surface area contributed by atoms with E-state index in [4.69, 9.17) is 17.3 Å². The predicted octanol–water partition coefficient (Wildman–Crippen LogP) is 2.51. The van der Waals surface area contributed by atoms with Crippen molar-refractivity contribution in [3.8, 4) is 0 Å². The predicted molar refractivity (Wildman–Crippen MR) is 70.0 cm³/mol. The van der Waals surface area contributed by atoms with E-state index in [-0.39, 0.29) is 11.1 Å². The van der Waals surface area contributed by atoms with Gasteiger partial charge in [0, 0.05) is 6.54 Å². The first-order valence-electron chi connectivity index (χ1n) is 5.41. The summed E-state index contributed by atoms with van der Waals surface area (Å²) in [6.07, 6.45) is 2.19. The topological polar surface area (TPSA) is 63.8 Å². The van der Waals surface area contributed by atoms with Crippen molar-refractivity contribution in [3.05, 3.63) is 47.1 Å². The maximum atomic E-state index is 12.7. The van der Waals surface area contributed by atoms with Gasteiger partial charge in [-0.1, -0.05) is 12.1 Å². The van der Waals surface area contributed by atoms with Gasteiger partial charge in [0.1, 0.15) is 5.82 Å². The van der Waals surface area contributed by atoms with E-state index in [0.717, 1.165) is 12.0 Å². The summed E-state index contributed by atoms with van der Waals surface area (Å²) in [6, 6.07) is 6.36. The lowest BCUT2D eigenvalue weighted by Gasteiger charge is -2.08. The third-order valence-corrected chi connectivity index (χ3v) is 2.59. The summed E-state index contributed by atoms with van der Waals surface area (Å²) in [6.45, 7) is 0.628. The minimum atomic E-state index is -0.237. The number of nitrogen functional groups attached to an aromatic ring is 1. The molecule has 0 aliphatic heterocycles. The number of nitrogens with one attached hydrogen (secondary N) is 1. The highest BCUT2D eigenvalue weighted by Crippen LogP contribution is 2.15. The highest BCUT2D eigenvalue weighted by atomic mass is 35.5. The van der Waals surface area contributed by atoms with Crippen molar-refractivity contribution in [1.29, 1.82) is 0 Å². The van der Waals surface area contributed by atoms with E-state index in [9.17, 15) is 4.39 Å². The largest absolute Gasteiger partial charge is 0.394 e. The molecule has 94 valence electrons. The maximum absolute atomic E-state index is 12.7. The summed E-state index contributed by atoms with van der Waals surface area (Å²) < 4.78 is 12.7. The van der Waals surface area contributed by atoms with Crippen LogP contribution in [0.3, 0.4) is 0 Å².